The second kappa shape index (κ2) is 9.98. The van der Waals surface area contributed by atoms with Gasteiger partial charge in [-0.25, -0.2) is 0 Å². The maximum absolute atomic E-state index is 12.5. The third kappa shape index (κ3) is 5.87. The second-order valence-electron chi connectivity index (χ2n) is 7.46. The van der Waals surface area contributed by atoms with E-state index in [1.165, 1.54) is 19.1 Å². The summed E-state index contributed by atoms with van der Waals surface area (Å²) < 4.78 is 0. The molecule has 30 heavy (non-hydrogen) atoms. The van der Waals surface area contributed by atoms with Crippen LogP contribution in [0.5, 0.6) is 0 Å². The van der Waals surface area contributed by atoms with Gasteiger partial charge in [0.05, 0.1) is 17.5 Å². The number of hydrogen-bond donors (Lipinski definition) is 1. The van der Waals surface area contributed by atoms with Crippen LogP contribution in [0.2, 0.25) is 0 Å². The normalized spacial score (nSPS) is 15.4. The van der Waals surface area contributed by atoms with Crippen molar-refractivity contribution >= 4 is 23.1 Å². The zero-order valence-corrected chi connectivity index (χ0v) is 17.0. The van der Waals surface area contributed by atoms with E-state index in [9.17, 15) is 19.7 Å². The van der Waals surface area contributed by atoms with Crippen LogP contribution < -0.4 is 10.2 Å². The van der Waals surface area contributed by atoms with E-state index in [0.29, 0.717) is 19.5 Å². The minimum atomic E-state index is -0.527. The number of hydrogen-bond acceptors (Lipinski definition) is 6. The van der Waals surface area contributed by atoms with Crippen molar-refractivity contribution in [3.63, 3.8) is 0 Å². The first-order chi connectivity index (χ1) is 14.4. The Balaban J connectivity index is 1.48. The van der Waals surface area contributed by atoms with Crippen LogP contribution in [-0.4, -0.2) is 60.3 Å². The van der Waals surface area contributed by atoms with Crippen molar-refractivity contribution in [2.45, 2.75) is 19.4 Å². The van der Waals surface area contributed by atoms with Crippen LogP contribution in [0.3, 0.4) is 0 Å². The Morgan fingerprint density at radius 3 is 2.23 bits per heavy atom. The van der Waals surface area contributed by atoms with Crippen LogP contribution in [0.1, 0.15) is 12.5 Å². The first kappa shape index (κ1) is 21.4. The third-order valence-corrected chi connectivity index (χ3v) is 5.27. The average molecular weight is 410 g/mol. The molecule has 0 saturated carbocycles. The van der Waals surface area contributed by atoms with Crippen molar-refractivity contribution in [2.24, 2.45) is 0 Å². The van der Waals surface area contributed by atoms with Gasteiger partial charge in [0.1, 0.15) is 0 Å². The Bertz CT molecular complexity index is 878. The molecule has 1 atom stereocenters. The van der Waals surface area contributed by atoms with Crippen LogP contribution >= 0.6 is 0 Å². The highest BCUT2D eigenvalue weighted by molar-refractivity contribution is 5.88. The number of nitro groups is 1. The maximum Gasteiger partial charge on any atom is 0.269 e. The number of Topliss-reactive ketones (excluding diaryl/α,β-unsaturated/α-hetero) is 1. The van der Waals surface area contributed by atoms with Crippen LogP contribution in [-0.2, 0) is 16.0 Å². The van der Waals surface area contributed by atoms with E-state index in [4.69, 9.17) is 0 Å². The predicted molar refractivity (Wildman–Crippen MR) is 115 cm³/mol. The van der Waals surface area contributed by atoms with Crippen molar-refractivity contribution in [3.8, 4) is 0 Å². The van der Waals surface area contributed by atoms with Gasteiger partial charge in [0.25, 0.3) is 5.69 Å². The van der Waals surface area contributed by atoms with E-state index >= 15 is 0 Å². The van der Waals surface area contributed by atoms with Gasteiger partial charge in [-0.1, -0.05) is 30.3 Å². The van der Waals surface area contributed by atoms with Gasteiger partial charge >= 0.3 is 0 Å². The fourth-order valence-corrected chi connectivity index (χ4v) is 3.54. The largest absolute Gasteiger partial charge is 0.369 e. The zero-order valence-electron chi connectivity index (χ0n) is 17.0. The molecular formula is C22H26N4O4. The molecule has 3 rings (SSSR count). The molecule has 1 heterocycles. The zero-order chi connectivity index (χ0) is 21.5. The van der Waals surface area contributed by atoms with E-state index in [2.05, 4.69) is 15.1 Å². The number of rotatable bonds is 8. The van der Waals surface area contributed by atoms with Crippen LogP contribution in [0.15, 0.2) is 54.6 Å². The molecule has 2 aromatic carbocycles. The van der Waals surface area contributed by atoms with E-state index in [1.807, 2.05) is 30.3 Å². The molecule has 0 aromatic heterocycles. The lowest BCUT2D eigenvalue weighted by Crippen LogP contribution is -2.51. The lowest BCUT2D eigenvalue weighted by Gasteiger charge is -2.35. The number of anilines is 1. The Labute approximate surface area is 175 Å². The highest BCUT2D eigenvalue weighted by atomic mass is 16.6. The third-order valence-electron chi connectivity index (χ3n) is 5.27. The van der Waals surface area contributed by atoms with Crippen LogP contribution in [0.4, 0.5) is 11.4 Å². The number of benzene rings is 2. The molecule has 0 bridgehead atoms. The van der Waals surface area contributed by atoms with Crippen LogP contribution in [0.25, 0.3) is 0 Å². The van der Waals surface area contributed by atoms with Crippen molar-refractivity contribution in [3.05, 3.63) is 70.3 Å². The summed E-state index contributed by atoms with van der Waals surface area (Å²) >= 11 is 0. The number of non-ortho nitro benzene ring substituents is 1. The Morgan fingerprint density at radius 2 is 1.67 bits per heavy atom. The second-order valence-corrected chi connectivity index (χ2v) is 7.46. The van der Waals surface area contributed by atoms with Gasteiger partial charge in [0, 0.05) is 44.0 Å². The van der Waals surface area contributed by atoms with Gasteiger partial charge in [-0.15, -0.1) is 0 Å². The summed E-state index contributed by atoms with van der Waals surface area (Å²) in [5.41, 5.74) is 2.02. The number of carbonyl (C=O) groups excluding carboxylic acids is 2. The molecule has 0 unspecified atom stereocenters. The van der Waals surface area contributed by atoms with Gasteiger partial charge in [0.15, 0.2) is 5.78 Å². The molecule has 1 N–H and O–H groups in total. The number of ketones is 1. The van der Waals surface area contributed by atoms with Gasteiger partial charge in [0.2, 0.25) is 5.91 Å². The monoisotopic (exact) mass is 410 g/mol. The summed E-state index contributed by atoms with van der Waals surface area (Å²) in [5.74, 6) is -0.217. The minimum Gasteiger partial charge on any atom is -0.369 e. The lowest BCUT2D eigenvalue weighted by molar-refractivity contribution is -0.384. The quantitative estimate of drug-likeness (QED) is 0.529. The molecule has 8 heteroatoms. The molecular weight excluding hydrogens is 384 g/mol. The molecule has 1 amide bonds. The molecule has 2 aromatic rings. The van der Waals surface area contributed by atoms with Crippen molar-refractivity contribution in [2.75, 3.05) is 37.6 Å². The van der Waals surface area contributed by atoms with E-state index in [1.54, 1.807) is 12.1 Å². The van der Waals surface area contributed by atoms with Crippen molar-refractivity contribution in [1.82, 2.24) is 10.2 Å². The summed E-state index contributed by atoms with van der Waals surface area (Å²) in [7, 11) is 0. The van der Waals surface area contributed by atoms with Gasteiger partial charge in [-0.2, -0.15) is 0 Å². The molecule has 1 aliphatic rings. The molecule has 158 valence electrons. The topological polar surface area (TPSA) is 95.8 Å². The SMILES string of the molecule is CC(=O)[C@H](Cc1ccccc1)NC(=O)CN1CCN(c2ccc([N+](=O)[O-])cc2)CC1. The Morgan fingerprint density at radius 1 is 1.03 bits per heavy atom. The van der Waals surface area contributed by atoms with Gasteiger partial charge < -0.3 is 10.2 Å². The summed E-state index contributed by atoms with van der Waals surface area (Å²) in [5, 5.41) is 13.6. The molecule has 1 aliphatic heterocycles. The lowest BCUT2D eigenvalue weighted by atomic mass is 10.0. The molecule has 1 saturated heterocycles. The summed E-state index contributed by atoms with van der Waals surface area (Å²) in [6.07, 6.45) is 0.482. The van der Waals surface area contributed by atoms with Crippen molar-refractivity contribution in [1.29, 1.82) is 0 Å². The number of piperazine rings is 1. The standard InChI is InChI=1S/C22H26N4O4/c1-17(27)21(15-18-5-3-2-4-6-18)23-22(28)16-24-11-13-25(14-12-24)19-7-9-20(10-8-19)26(29)30/h2-10,21H,11-16H2,1H3,(H,23,28)/t21-/m0/s1. The summed E-state index contributed by atoms with van der Waals surface area (Å²) in [6, 6.07) is 15.6. The first-order valence-electron chi connectivity index (χ1n) is 9.98. The molecule has 0 aliphatic carbocycles. The first-order valence-corrected chi connectivity index (χ1v) is 9.98. The summed E-state index contributed by atoms with van der Waals surface area (Å²) in [4.78, 5) is 39.0. The average Bonchev–Trinajstić information content (AvgIpc) is 2.74. The fourth-order valence-electron chi connectivity index (χ4n) is 3.54. The highest BCUT2D eigenvalue weighted by Gasteiger charge is 2.22. The highest BCUT2D eigenvalue weighted by Crippen LogP contribution is 2.20. The Kier molecular flexibility index (Phi) is 7.13. The molecule has 0 spiro atoms. The van der Waals surface area contributed by atoms with E-state index in [-0.39, 0.29) is 23.9 Å². The minimum absolute atomic E-state index is 0.0600. The molecule has 1 fully saturated rings. The van der Waals surface area contributed by atoms with E-state index < -0.39 is 11.0 Å². The predicted octanol–water partition coefficient (Wildman–Crippen LogP) is 2.03. The maximum atomic E-state index is 12.5. The number of nitro benzene ring substituents is 1. The van der Waals surface area contributed by atoms with E-state index in [0.717, 1.165) is 24.3 Å². The fraction of sp³-hybridized carbons (Fsp3) is 0.364. The van der Waals surface area contributed by atoms with Gasteiger partial charge in [-0.05, 0) is 31.0 Å². The number of nitrogens with one attached hydrogen (secondary N) is 1. The van der Waals surface area contributed by atoms with Crippen LogP contribution in [0, 0.1) is 10.1 Å². The molecule has 0 radical (unpaired) electrons. The Hall–Kier alpha value is -3.26. The van der Waals surface area contributed by atoms with Crippen molar-refractivity contribution < 1.29 is 14.5 Å². The number of carbonyl (C=O) groups is 2. The van der Waals surface area contributed by atoms with Gasteiger partial charge in [-0.3, -0.25) is 24.6 Å². The smallest absolute Gasteiger partial charge is 0.269 e. The number of amides is 1. The number of nitrogens with zero attached hydrogens (tertiary/aromatic N) is 3. The molecule has 8 nitrogen and oxygen atoms in total. The summed E-state index contributed by atoms with van der Waals surface area (Å²) in [6.45, 7) is 4.60.